The molecule has 0 aromatic heterocycles. The topological polar surface area (TPSA) is 78.9 Å². The highest BCUT2D eigenvalue weighted by molar-refractivity contribution is 5.71. The second-order valence-corrected chi connectivity index (χ2v) is 20.7. The van der Waals surface area contributed by atoms with Gasteiger partial charge in [-0.1, -0.05) is 287 Å². The maximum Gasteiger partial charge on any atom is 0.306 e. The van der Waals surface area contributed by atoms with Crippen molar-refractivity contribution in [3.8, 4) is 0 Å². The fourth-order valence-corrected chi connectivity index (χ4v) is 8.92. The van der Waals surface area contributed by atoms with Crippen molar-refractivity contribution in [3.63, 3.8) is 0 Å². The van der Waals surface area contributed by atoms with Crippen LogP contribution in [0.25, 0.3) is 0 Å². The molecule has 0 aromatic rings. The van der Waals surface area contributed by atoms with Crippen LogP contribution in [0.4, 0.5) is 0 Å². The van der Waals surface area contributed by atoms with Crippen LogP contribution < -0.4 is 0 Å². The summed E-state index contributed by atoms with van der Waals surface area (Å²) >= 11 is 0. The van der Waals surface area contributed by atoms with Crippen LogP contribution in [0.1, 0.15) is 316 Å². The van der Waals surface area contributed by atoms with E-state index in [1.807, 2.05) is 0 Å². The van der Waals surface area contributed by atoms with Crippen LogP contribution >= 0.6 is 0 Å². The van der Waals surface area contributed by atoms with Gasteiger partial charge >= 0.3 is 17.9 Å². The van der Waals surface area contributed by atoms with Crippen LogP contribution in [0.5, 0.6) is 0 Å². The van der Waals surface area contributed by atoms with Crippen molar-refractivity contribution >= 4 is 17.9 Å². The van der Waals surface area contributed by atoms with Gasteiger partial charge in [0, 0.05) is 19.3 Å². The van der Waals surface area contributed by atoms with Gasteiger partial charge in [-0.2, -0.15) is 0 Å². The summed E-state index contributed by atoms with van der Waals surface area (Å²) in [6, 6.07) is 0. The Balaban J connectivity index is 4.40. The van der Waals surface area contributed by atoms with E-state index in [1.165, 1.54) is 186 Å². The molecule has 6 heteroatoms. The predicted molar refractivity (Wildman–Crippen MR) is 307 cm³/mol. The van der Waals surface area contributed by atoms with Crippen molar-refractivity contribution in [2.75, 3.05) is 13.2 Å². The molecular weight excluding hydrogens is 877 g/mol. The molecule has 0 aliphatic carbocycles. The van der Waals surface area contributed by atoms with E-state index in [-0.39, 0.29) is 31.1 Å². The highest BCUT2D eigenvalue weighted by Crippen LogP contribution is 2.17. The molecule has 6 nitrogen and oxygen atoms in total. The number of hydrogen-bond acceptors (Lipinski definition) is 6. The summed E-state index contributed by atoms with van der Waals surface area (Å²) in [6.45, 7) is 6.62. The number of esters is 3. The lowest BCUT2D eigenvalue weighted by Gasteiger charge is -2.18. The maximum absolute atomic E-state index is 12.9. The van der Waals surface area contributed by atoms with Crippen molar-refractivity contribution in [2.24, 2.45) is 0 Å². The zero-order chi connectivity index (χ0) is 51.4. The SMILES string of the molecule is CCCCC\C=C/C=C\C=C/C=C\CCCCCCCC(=O)OC(COC(=O)CCCCCCC/C=C\CCCCCCCCC)COC(=O)CCCCCCCCCCCCCCCCCCCCC. The van der Waals surface area contributed by atoms with E-state index in [1.54, 1.807) is 0 Å². The number of hydrogen-bond donors (Lipinski definition) is 0. The maximum atomic E-state index is 12.9. The van der Waals surface area contributed by atoms with Gasteiger partial charge in [0.25, 0.3) is 0 Å². The van der Waals surface area contributed by atoms with Crippen molar-refractivity contribution < 1.29 is 28.6 Å². The van der Waals surface area contributed by atoms with Crippen molar-refractivity contribution in [3.05, 3.63) is 60.8 Å². The molecule has 0 amide bonds. The Bertz CT molecular complexity index is 1280. The Morgan fingerprint density at radius 1 is 0.282 bits per heavy atom. The third kappa shape index (κ3) is 57.9. The molecule has 71 heavy (non-hydrogen) atoms. The quantitative estimate of drug-likeness (QED) is 0.0199. The van der Waals surface area contributed by atoms with Gasteiger partial charge in [-0.3, -0.25) is 14.4 Å². The van der Waals surface area contributed by atoms with Crippen molar-refractivity contribution in [1.29, 1.82) is 0 Å². The highest BCUT2D eigenvalue weighted by Gasteiger charge is 2.19. The highest BCUT2D eigenvalue weighted by atomic mass is 16.6. The standard InChI is InChI=1S/C65H116O6/c1-4-7-10-13-16-19-22-25-28-31-33-35-37-40-43-46-49-52-55-58-64(67)70-61-62(60-69-63(66)57-54-51-48-45-42-39-36-30-27-24-21-18-15-12-9-6-3)71-65(68)59-56-53-50-47-44-41-38-34-32-29-26-23-20-17-14-11-8-5-2/h17,20,23,26,29-30,32,34,36,38,62H,4-16,18-19,21-22,24-25,27-28,31,33,35,37,39-61H2,1-3H3/b20-17-,26-23-,32-29-,36-30-,38-34-. The van der Waals surface area contributed by atoms with Gasteiger partial charge < -0.3 is 14.2 Å². The fourth-order valence-electron chi connectivity index (χ4n) is 8.92. The molecular formula is C65H116O6. The van der Waals surface area contributed by atoms with Gasteiger partial charge in [-0.15, -0.1) is 0 Å². The number of allylic oxidation sites excluding steroid dienone is 10. The third-order valence-corrected chi connectivity index (χ3v) is 13.6. The Hall–Kier alpha value is -2.89. The van der Waals surface area contributed by atoms with E-state index in [0.29, 0.717) is 19.3 Å². The smallest absolute Gasteiger partial charge is 0.306 e. The zero-order valence-corrected chi connectivity index (χ0v) is 47.2. The molecule has 0 bridgehead atoms. The molecule has 0 rings (SSSR count). The van der Waals surface area contributed by atoms with Crippen LogP contribution in [0, 0.1) is 0 Å². The summed E-state index contributed by atoms with van der Waals surface area (Å²) in [5, 5.41) is 0. The molecule has 0 saturated heterocycles. The lowest BCUT2D eigenvalue weighted by atomic mass is 10.0. The lowest BCUT2D eigenvalue weighted by molar-refractivity contribution is -0.167. The van der Waals surface area contributed by atoms with E-state index in [4.69, 9.17) is 14.2 Å². The van der Waals surface area contributed by atoms with E-state index >= 15 is 0 Å². The number of ether oxygens (including phenoxy) is 3. The first-order chi connectivity index (χ1) is 35.0. The average molecular weight is 994 g/mol. The average Bonchev–Trinajstić information content (AvgIpc) is 3.37. The summed E-state index contributed by atoms with van der Waals surface area (Å²) in [7, 11) is 0. The number of carbonyl (C=O) groups excluding carboxylic acids is 3. The Kier molecular flexibility index (Phi) is 57.2. The van der Waals surface area contributed by atoms with Gasteiger partial charge in [0.2, 0.25) is 0 Å². The van der Waals surface area contributed by atoms with Crippen LogP contribution in [-0.4, -0.2) is 37.2 Å². The summed E-state index contributed by atoms with van der Waals surface area (Å²) in [6.07, 6.45) is 75.0. The molecule has 0 aromatic carbocycles. The fraction of sp³-hybridized carbons (Fsp3) is 0.800. The minimum atomic E-state index is -0.789. The molecule has 0 N–H and O–H groups in total. The molecule has 0 saturated carbocycles. The van der Waals surface area contributed by atoms with E-state index in [2.05, 4.69) is 81.5 Å². The molecule has 0 spiro atoms. The molecule has 0 aliphatic heterocycles. The summed E-state index contributed by atoms with van der Waals surface area (Å²) in [4.78, 5) is 38.3. The van der Waals surface area contributed by atoms with Gasteiger partial charge in [0.15, 0.2) is 6.10 Å². The largest absolute Gasteiger partial charge is 0.462 e. The number of unbranched alkanes of at least 4 members (excludes halogenated alkanes) is 38. The second-order valence-electron chi connectivity index (χ2n) is 20.7. The Morgan fingerprint density at radius 2 is 0.521 bits per heavy atom. The minimum absolute atomic E-state index is 0.0837. The monoisotopic (exact) mass is 993 g/mol. The first kappa shape index (κ1) is 68.1. The summed E-state index contributed by atoms with van der Waals surface area (Å²) in [5.74, 6) is -0.899. The first-order valence-electron chi connectivity index (χ1n) is 30.8. The third-order valence-electron chi connectivity index (χ3n) is 13.6. The van der Waals surface area contributed by atoms with E-state index in [9.17, 15) is 14.4 Å². The van der Waals surface area contributed by atoms with Crippen LogP contribution in [0.15, 0.2) is 60.8 Å². The van der Waals surface area contributed by atoms with Crippen molar-refractivity contribution in [1.82, 2.24) is 0 Å². The Morgan fingerprint density at radius 3 is 0.859 bits per heavy atom. The summed E-state index contributed by atoms with van der Waals surface area (Å²) in [5.41, 5.74) is 0. The molecule has 0 fully saturated rings. The van der Waals surface area contributed by atoms with Crippen molar-refractivity contribution in [2.45, 2.75) is 322 Å². The van der Waals surface area contributed by atoms with Gasteiger partial charge in [-0.25, -0.2) is 0 Å². The molecule has 1 atom stereocenters. The Labute approximate surface area is 440 Å². The predicted octanol–water partition coefficient (Wildman–Crippen LogP) is 20.8. The van der Waals surface area contributed by atoms with E-state index < -0.39 is 6.10 Å². The molecule has 1 unspecified atom stereocenters. The summed E-state index contributed by atoms with van der Waals surface area (Å²) < 4.78 is 16.9. The van der Waals surface area contributed by atoms with Gasteiger partial charge in [0.05, 0.1) is 0 Å². The number of rotatable bonds is 56. The zero-order valence-electron chi connectivity index (χ0n) is 47.2. The van der Waals surface area contributed by atoms with Crippen LogP contribution in [0.3, 0.4) is 0 Å². The molecule has 0 radical (unpaired) electrons. The van der Waals surface area contributed by atoms with E-state index in [0.717, 1.165) is 89.9 Å². The molecule has 0 aliphatic rings. The second kappa shape index (κ2) is 59.7. The van der Waals surface area contributed by atoms with Crippen LogP contribution in [0.2, 0.25) is 0 Å². The lowest BCUT2D eigenvalue weighted by Crippen LogP contribution is -2.30. The molecule has 412 valence electrons. The van der Waals surface area contributed by atoms with Gasteiger partial charge in [0.1, 0.15) is 13.2 Å². The first-order valence-corrected chi connectivity index (χ1v) is 30.8. The normalized spacial score (nSPS) is 12.4. The minimum Gasteiger partial charge on any atom is -0.462 e. The van der Waals surface area contributed by atoms with Crippen LogP contribution in [-0.2, 0) is 28.6 Å². The molecule has 0 heterocycles. The van der Waals surface area contributed by atoms with Gasteiger partial charge in [-0.05, 0) is 70.6 Å². The number of carbonyl (C=O) groups is 3.